The third-order valence-electron chi connectivity index (χ3n) is 4.37. The highest BCUT2D eigenvalue weighted by Crippen LogP contribution is 2.30. The summed E-state index contributed by atoms with van der Waals surface area (Å²) in [5.41, 5.74) is 12.5. The van der Waals surface area contributed by atoms with Crippen molar-refractivity contribution in [2.24, 2.45) is 16.5 Å². The van der Waals surface area contributed by atoms with Crippen LogP contribution < -0.4 is 21.4 Å². The summed E-state index contributed by atoms with van der Waals surface area (Å²) in [6.45, 7) is 0.297. The van der Waals surface area contributed by atoms with E-state index in [0.29, 0.717) is 17.8 Å². The number of hydrogen-bond acceptors (Lipinski definition) is 6. The first-order chi connectivity index (χ1) is 13.8. The predicted molar refractivity (Wildman–Crippen MR) is 105 cm³/mol. The van der Waals surface area contributed by atoms with Gasteiger partial charge in [0.25, 0.3) is 0 Å². The molecule has 0 spiro atoms. The maximum Gasteiger partial charge on any atom is 0.547 e. The van der Waals surface area contributed by atoms with Crippen molar-refractivity contribution in [2.45, 2.75) is 25.3 Å². The van der Waals surface area contributed by atoms with Crippen molar-refractivity contribution in [2.75, 3.05) is 0 Å². The molecule has 3 rings (SSSR count). The summed E-state index contributed by atoms with van der Waals surface area (Å²) in [7, 11) is -1.36. The molecule has 0 radical (unpaired) electrons. The molecule has 1 atom stereocenters. The number of pyridine rings is 1. The first kappa shape index (κ1) is 20.1. The Morgan fingerprint density at radius 3 is 2.76 bits per heavy atom. The minimum absolute atomic E-state index is 0.00776. The Kier molecular flexibility index (Phi) is 5.98. The van der Waals surface area contributed by atoms with Gasteiger partial charge in [0.05, 0.1) is 24.5 Å². The molecule has 0 saturated carbocycles. The summed E-state index contributed by atoms with van der Waals surface area (Å²) >= 11 is 0. The van der Waals surface area contributed by atoms with E-state index in [0.717, 1.165) is 5.56 Å². The van der Waals surface area contributed by atoms with E-state index in [1.54, 1.807) is 30.5 Å². The molecular weight excluding hydrogens is 377 g/mol. The monoisotopic (exact) mass is 397 g/mol. The summed E-state index contributed by atoms with van der Waals surface area (Å²) in [6.07, 6.45) is 1.83. The van der Waals surface area contributed by atoms with Gasteiger partial charge in [-0.3, -0.25) is 9.78 Å². The second kappa shape index (κ2) is 8.61. The number of carboxylic acids is 1. The first-order valence-electron chi connectivity index (χ1n) is 8.82. The van der Waals surface area contributed by atoms with Crippen molar-refractivity contribution in [1.82, 2.24) is 10.3 Å². The lowest BCUT2D eigenvalue weighted by Crippen LogP contribution is -2.53. The van der Waals surface area contributed by atoms with Crippen LogP contribution in [0.4, 0.5) is 0 Å². The Morgan fingerprint density at radius 1 is 1.31 bits per heavy atom. The second-order valence-corrected chi connectivity index (χ2v) is 6.56. The average Bonchev–Trinajstić information content (AvgIpc) is 2.67. The summed E-state index contributed by atoms with van der Waals surface area (Å²) in [4.78, 5) is 31.7. The molecule has 1 amide bonds. The van der Waals surface area contributed by atoms with Crippen molar-refractivity contribution in [3.8, 4) is 5.75 Å². The lowest BCUT2D eigenvalue weighted by molar-refractivity contribution is -0.120. The van der Waals surface area contributed by atoms with Gasteiger partial charge in [0.2, 0.25) is 5.91 Å². The molecule has 0 saturated heterocycles. The summed E-state index contributed by atoms with van der Waals surface area (Å²) in [5, 5.41) is 22.1. The fraction of sp³-hybridized carbons (Fsp3) is 0.222. The van der Waals surface area contributed by atoms with Crippen LogP contribution in [0.5, 0.6) is 5.75 Å². The number of fused-ring (bicyclic) bond motifs is 1. The third-order valence-corrected chi connectivity index (χ3v) is 4.37. The number of rotatable bonds is 6. The molecule has 2 aromatic rings. The Balaban J connectivity index is 1.62. The zero-order valence-corrected chi connectivity index (χ0v) is 15.4. The standard InChI is InChI=1S/C18H20BN5O5/c20-18(21)23-9-10-4-5-12(22-8-10)7-15(25)24-14-6-11-2-1-3-13(17(26)27)16(11)29-19(14)28/h1-5,8,14,28H,6-7,9H2,(H,24,25)(H,26,27)(H4,20,21,23). The summed E-state index contributed by atoms with van der Waals surface area (Å²) in [6, 6.07) is 8.15. The SMILES string of the molecule is NC(N)=NCc1ccc(CC(=O)NC2Cc3cccc(C(=O)O)c3OB2O)nc1. The molecule has 1 aromatic heterocycles. The van der Waals surface area contributed by atoms with E-state index < -0.39 is 19.0 Å². The number of nitrogens with two attached hydrogens (primary N) is 2. The number of nitrogens with one attached hydrogen (secondary N) is 1. The van der Waals surface area contributed by atoms with E-state index in [-0.39, 0.29) is 36.0 Å². The van der Waals surface area contributed by atoms with E-state index in [9.17, 15) is 19.7 Å². The molecule has 150 valence electrons. The molecule has 1 aromatic carbocycles. The van der Waals surface area contributed by atoms with Gasteiger partial charge in [-0.05, 0) is 29.7 Å². The molecule has 1 unspecified atom stereocenters. The number of aromatic carboxylic acids is 1. The number of aliphatic imine (C=N–C) groups is 1. The van der Waals surface area contributed by atoms with Crippen LogP contribution in [-0.4, -0.2) is 46.0 Å². The number of para-hydroxylation sites is 1. The molecule has 0 aliphatic carbocycles. The van der Waals surface area contributed by atoms with Gasteiger partial charge in [0.15, 0.2) is 5.96 Å². The van der Waals surface area contributed by atoms with E-state index in [4.69, 9.17) is 16.1 Å². The van der Waals surface area contributed by atoms with Gasteiger partial charge in [0.1, 0.15) is 5.75 Å². The van der Waals surface area contributed by atoms with Gasteiger partial charge in [-0.15, -0.1) is 0 Å². The van der Waals surface area contributed by atoms with Gasteiger partial charge in [-0.2, -0.15) is 0 Å². The van der Waals surface area contributed by atoms with Crippen molar-refractivity contribution < 1.29 is 24.4 Å². The molecule has 0 bridgehead atoms. The molecule has 10 nitrogen and oxygen atoms in total. The third kappa shape index (κ3) is 5.02. The Hall–Kier alpha value is -3.60. The highest BCUT2D eigenvalue weighted by Gasteiger charge is 2.37. The zero-order chi connectivity index (χ0) is 21.0. The van der Waals surface area contributed by atoms with Crippen molar-refractivity contribution in [3.63, 3.8) is 0 Å². The van der Waals surface area contributed by atoms with Crippen molar-refractivity contribution in [1.29, 1.82) is 0 Å². The van der Waals surface area contributed by atoms with E-state index in [1.165, 1.54) is 6.07 Å². The van der Waals surface area contributed by atoms with Crippen LogP contribution in [0.15, 0.2) is 41.5 Å². The lowest BCUT2D eigenvalue weighted by atomic mass is 9.72. The Labute approximate surface area is 166 Å². The number of carbonyl (C=O) groups excluding carboxylic acids is 1. The van der Waals surface area contributed by atoms with Gasteiger partial charge in [-0.1, -0.05) is 18.2 Å². The molecule has 1 aliphatic heterocycles. The van der Waals surface area contributed by atoms with Crippen LogP contribution in [-0.2, 0) is 24.2 Å². The number of aromatic nitrogens is 1. The smallest absolute Gasteiger partial charge is 0.534 e. The van der Waals surface area contributed by atoms with E-state index >= 15 is 0 Å². The maximum atomic E-state index is 12.3. The molecule has 0 fully saturated rings. The minimum atomic E-state index is -1.36. The minimum Gasteiger partial charge on any atom is -0.534 e. The van der Waals surface area contributed by atoms with Crippen molar-refractivity contribution >= 4 is 25.0 Å². The number of nitrogens with zero attached hydrogens (tertiary/aromatic N) is 2. The number of amides is 1. The van der Waals surface area contributed by atoms with Crippen LogP contribution in [0.3, 0.4) is 0 Å². The van der Waals surface area contributed by atoms with Gasteiger partial charge in [-0.25, -0.2) is 9.79 Å². The number of benzene rings is 1. The average molecular weight is 397 g/mol. The number of hydrogen-bond donors (Lipinski definition) is 5. The Bertz CT molecular complexity index is 946. The van der Waals surface area contributed by atoms with Crippen molar-refractivity contribution in [3.05, 3.63) is 58.9 Å². The van der Waals surface area contributed by atoms with Gasteiger partial charge >= 0.3 is 13.1 Å². The highest BCUT2D eigenvalue weighted by atomic mass is 16.5. The van der Waals surface area contributed by atoms with E-state index in [1.807, 2.05) is 0 Å². The molecular formula is C18H20BN5O5. The quantitative estimate of drug-likeness (QED) is 0.240. The summed E-state index contributed by atoms with van der Waals surface area (Å²) in [5.74, 6) is -2.10. The fourth-order valence-electron chi connectivity index (χ4n) is 2.97. The van der Waals surface area contributed by atoms with Crippen LogP contribution in [0.1, 0.15) is 27.2 Å². The van der Waals surface area contributed by atoms with Crippen LogP contribution in [0.2, 0.25) is 0 Å². The molecule has 7 N–H and O–H groups in total. The zero-order valence-electron chi connectivity index (χ0n) is 15.4. The summed E-state index contributed by atoms with van der Waals surface area (Å²) < 4.78 is 5.36. The van der Waals surface area contributed by atoms with Crippen LogP contribution in [0, 0.1) is 0 Å². The second-order valence-electron chi connectivity index (χ2n) is 6.56. The van der Waals surface area contributed by atoms with E-state index in [2.05, 4.69) is 15.3 Å². The lowest BCUT2D eigenvalue weighted by Gasteiger charge is -2.28. The van der Waals surface area contributed by atoms with Gasteiger partial charge in [0, 0.05) is 11.9 Å². The topological polar surface area (TPSA) is 173 Å². The van der Waals surface area contributed by atoms with Gasteiger partial charge < -0.3 is 31.6 Å². The van der Waals surface area contributed by atoms with Crippen LogP contribution >= 0.6 is 0 Å². The van der Waals surface area contributed by atoms with Crippen LogP contribution in [0.25, 0.3) is 0 Å². The molecule has 2 heterocycles. The number of carboxylic acid groups (broad SMARTS) is 1. The Morgan fingerprint density at radius 2 is 2.10 bits per heavy atom. The fourth-order valence-corrected chi connectivity index (χ4v) is 2.97. The number of carbonyl (C=O) groups is 2. The normalized spacial score (nSPS) is 15.1. The maximum absolute atomic E-state index is 12.3. The predicted octanol–water partition coefficient (Wildman–Crippen LogP) is -0.765. The highest BCUT2D eigenvalue weighted by molar-refractivity contribution is 6.47. The number of guanidine groups is 1. The molecule has 11 heteroatoms. The first-order valence-corrected chi connectivity index (χ1v) is 8.82. The molecule has 29 heavy (non-hydrogen) atoms. The molecule has 1 aliphatic rings. The largest absolute Gasteiger partial charge is 0.547 e.